The molecule has 0 bridgehead atoms. The SMILES string of the molecule is CN(C)CCN(C(=O)c1cc2ccccc2oc1=O)c1nc2c(Cl)cccc2s1. The summed E-state index contributed by atoms with van der Waals surface area (Å²) in [5.41, 5.74) is 0.401. The molecule has 0 radical (unpaired) electrons. The average Bonchev–Trinajstić information content (AvgIpc) is 3.12. The van der Waals surface area contributed by atoms with Crippen molar-refractivity contribution in [3.8, 4) is 0 Å². The first-order chi connectivity index (χ1) is 13.9. The van der Waals surface area contributed by atoms with E-state index >= 15 is 0 Å². The third kappa shape index (κ3) is 3.89. The zero-order valence-corrected chi connectivity index (χ0v) is 17.5. The van der Waals surface area contributed by atoms with Crippen LogP contribution in [0.2, 0.25) is 5.02 Å². The fourth-order valence-corrected chi connectivity index (χ4v) is 4.25. The van der Waals surface area contributed by atoms with Crippen LogP contribution in [-0.2, 0) is 0 Å². The highest BCUT2D eigenvalue weighted by molar-refractivity contribution is 7.22. The maximum Gasteiger partial charge on any atom is 0.349 e. The van der Waals surface area contributed by atoms with Gasteiger partial charge in [0.2, 0.25) is 0 Å². The lowest BCUT2D eigenvalue weighted by Crippen LogP contribution is -2.38. The first-order valence-corrected chi connectivity index (χ1v) is 10.2. The Hall–Kier alpha value is -2.74. The van der Waals surface area contributed by atoms with Gasteiger partial charge in [0.15, 0.2) is 5.13 Å². The van der Waals surface area contributed by atoms with Gasteiger partial charge in [-0.2, -0.15) is 0 Å². The summed E-state index contributed by atoms with van der Waals surface area (Å²) in [6.07, 6.45) is 0. The molecular weight excluding hydrogens is 410 g/mol. The fraction of sp³-hybridized carbons (Fsp3) is 0.190. The van der Waals surface area contributed by atoms with Gasteiger partial charge in [-0.05, 0) is 38.4 Å². The third-order valence-electron chi connectivity index (χ3n) is 4.48. The van der Waals surface area contributed by atoms with E-state index < -0.39 is 11.5 Å². The molecule has 2 aromatic heterocycles. The summed E-state index contributed by atoms with van der Waals surface area (Å²) < 4.78 is 6.23. The Kier molecular flexibility index (Phi) is 5.36. The van der Waals surface area contributed by atoms with Crippen molar-refractivity contribution in [2.45, 2.75) is 0 Å². The van der Waals surface area contributed by atoms with Crippen LogP contribution in [0.3, 0.4) is 0 Å². The molecule has 1 amide bonds. The molecule has 0 unspecified atom stereocenters. The lowest BCUT2D eigenvalue weighted by Gasteiger charge is -2.21. The number of aromatic nitrogens is 1. The van der Waals surface area contributed by atoms with Crippen LogP contribution in [0.15, 0.2) is 57.7 Å². The molecule has 0 aliphatic heterocycles. The number of hydrogen-bond acceptors (Lipinski definition) is 6. The van der Waals surface area contributed by atoms with Gasteiger partial charge in [0.05, 0.1) is 9.72 Å². The number of halogens is 1. The molecule has 2 heterocycles. The van der Waals surface area contributed by atoms with Crippen LogP contribution < -0.4 is 10.5 Å². The summed E-state index contributed by atoms with van der Waals surface area (Å²) in [6, 6.07) is 14.2. The lowest BCUT2D eigenvalue weighted by molar-refractivity contribution is 0.0982. The molecule has 4 aromatic rings. The van der Waals surface area contributed by atoms with Crippen LogP contribution in [0.25, 0.3) is 21.2 Å². The van der Waals surface area contributed by atoms with Gasteiger partial charge in [-0.1, -0.05) is 47.2 Å². The number of likely N-dealkylation sites (N-methyl/N-ethyl adjacent to an activating group) is 1. The van der Waals surface area contributed by atoms with Gasteiger partial charge >= 0.3 is 5.63 Å². The number of rotatable bonds is 5. The van der Waals surface area contributed by atoms with Crippen LogP contribution in [0, 0.1) is 0 Å². The van der Waals surface area contributed by atoms with Gasteiger partial charge in [0.25, 0.3) is 5.91 Å². The van der Waals surface area contributed by atoms with E-state index in [0.29, 0.717) is 39.7 Å². The number of nitrogens with zero attached hydrogens (tertiary/aromatic N) is 3. The maximum absolute atomic E-state index is 13.4. The molecule has 148 valence electrons. The minimum Gasteiger partial charge on any atom is -0.422 e. The van der Waals surface area contributed by atoms with Crippen molar-refractivity contribution in [2.75, 3.05) is 32.1 Å². The lowest BCUT2D eigenvalue weighted by atomic mass is 10.1. The number of para-hydroxylation sites is 2. The van der Waals surface area contributed by atoms with Crippen LogP contribution in [0.5, 0.6) is 0 Å². The fourth-order valence-electron chi connectivity index (χ4n) is 2.96. The van der Waals surface area contributed by atoms with E-state index in [1.807, 2.05) is 37.2 Å². The van der Waals surface area contributed by atoms with Crippen molar-refractivity contribution in [3.63, 3.8) is 0 Å². The Morgan fingerprint density at radius 3 is 2.69 bits per heavy atom. The molecule has 0 aliphatic carbocycles. The topological polar surface area (TPSA) is 66.7 Å². The predicted octanol–water partition coefficient (Wildman–Crippen LogP) is 4.26. The van der Waals surface area contributed by atoms with E-state index in [1.165, 1.54) is 16.2 Å². The molecule has 0 saturated carbocycles. The van der Waals surface area contributed by atoms with Crippen molar-refractivity contribution in [2.24, 2.45) is 0 Å². The van der Waals surface area contributed by atoms with E-state index in [2.05, 4.69) is 4.98 Å². The molecule has 8 heteroatoms. The van der Waals surface area contributed by atoms with Crippen LogP contribution in [-0.4, -0.2) is 43.0 Å². The van der Waals surface area contributed by atoms with E-state index in [0.717, 1.165) is 4.70 Å². The van der Waals surface area contributed by atoms with E-state index in [1.54, 1.807) is 30.3 Å². The van der Waals surface area contributed by atoms with Gasteiger partial charge in [-0.25, -0.2) is 9.78 Å². The minimum absolute atomic E-state index is 0.0205. The Morgan fingerprint density at radius 1 is 1.14 bits per heavy atom. The summed E-state index contributed by atoms with van der Waals surface area (Å²) >= 11 is 7.62. The summed E-state index contributed by atoms with van der Waals surface area (Å²) in [5, 5.41) is 1.71. The maximum atomic E-state index is 13.4. The van der Waals surface area contributed by atoms with E-state index in [9.17, 15) is 9.59 Å². The third-order valence-corrected chi connectivity index (χ3v) is 5.83. The number of amides is 1. The Labute approximate surface area is 175 Å². The predicted molar refractivity (Wildman–Crippen MR) is 117 cm³/mol. The Morgan fingerprint density at radius 2 is 1.93 bits per heavy atom. The molecule has 0 N–H and O–H groups in total. The van der Waals surface area contributed by atoms with Crippen molar-refractivity contribution >= 4 is 55.2 Å². The molecule has 2 aromatic carbocycles. The van der Waals surface area contributed by atoms with E-state index in [-0.39, 0.29) is 5.56 Å². The summed E-state index contributed by atoms with van der Waals surface area (Å²) in [5.74, 6) is -0.443. The highest BCUT2D eigenvalue weighted by Crippen LogP contribution is 2.33. The van der Waals surface area contributed by atoms with Crippen molar-refractivity contribution in [3.05, 3.63) is 69.5 Å². The number of benzene rings is 2. The van der Waals surface area contributed by atoms with Crippen LogP contribution in [0.4, 0.5) is 5.13 Å². The van der Waals surface area contributed by atoms with Crippen LogP contribution >= 0.6 is 22.9 Å². The van der Waals surface area contributed by atoms with Gasteiger partial charge in [-0.15, -0.1) is 0 Å². The monoisotopic (exact) mass is 427 g/mol. The van der Waals surface area contributed by atoms with Gasteiger partial charge in [-0.3, -0.25) is 9.69 Å². The Balaban J connectivity index is 1.80. The standard InChI is InChI=1S/C21H18ClN3O3S/c1-24(2)10-11-25(21-23-18-15(22)7-5-9-17(18)29-21)19(26)14-12-13-6-3-4-8-16(13)28-20(14)27/h3-9,12H,10-11H2,1-2H3. The first kappa shape index (κ1) is 19.6. The van der Waals surface area contributed by atoms with Gasteiger partial charge in [0, 0.05) is 18.5 Å². The minimum atomic E-state index is -0.664. The number of carbonyl (C=O) groups is 1. The van der Waals surface area contributed by atoms with Crippen molar-refractivity contribution in [1.29, 1.82) is 0 Å². The number of fused-ring (bicyclic) bond motifs is 2. The van der Waals surface area contributed by atoms with Crippen LogP contribution in [0.1, 0.15) is 10.4 Å². The average molecular weight is 428 g/mol. The quantitative estimate of drug-likeness (QED) is 0.445. The highest BCUT2D eigenvalue weighted by atomic mass is 35.5. The van der Waals surface area contributed by atoms with Gasteiger partial charge in [0.1, 0.15) is 16.7 Å². The van der Waals surface area contributed by atoms with Gasteiger partial charge < -0.3 is 9.32 Å². The highest BCUT2D eigenvalue weighted by Gasteiger charge is 2.25. The molecule has 0 atom stereocenters. The zero-order valence-electron chi connectivity index (χ0n) is 15.9. The second kappa shape index (κ2) is 7.94. The number of thiazole rings is 1. The number of anilines is 1. The summed E-state index contributed by atoms with van der Waals surface area (Å²) in [7, 11) is 3.84. The molecular formula is C21H18ClN3O3S. The largest absolute Gasteiger partial charge is 0.422 e. The van der Waals surface area contributed by atoms with Crippen molar-refractivity contribution < 1.29 is 9.21 Å². The normalized spacial score (nSPS) is 11.4. The second-order valence-corrected chi connectivity index (χ2v) is 8.24. The molecule has 0 spiro atoms. The molecule has 6 nitrogen and oxygen atoms in total. The number of carbonyl (C=O) groups excluding carboxylic acids is 1. The molecule has 0 fully saturated rings. The molecule has 0 aliphatic rings. The molecule has 4 rings (SSSR count). The second-order valence-electron chi connectivity index (χ2n) is 6.83. The molecule has 29 heavy (non-hydrogen) atoms. The Bertz CT molecular complexity index is 1260. The number of hydrogen-bond donors (Lipinski definition) is 0. The summed E-state index contributed by atoms with van der Waals surface area (Å²) in [6.45, 7) is 0.976. The smallest absolute Gasteiger partial charge is 0.349 e. The first-order valence-electron chi connectivity index (χ1n) is 8.98. The zero-order chi connectivity index (χ0) is 20.5. The van der Waals surface area contributed by atoms with E-state index in [4.69, 9.17) is 16.0 Å². The van der Waals surface area contributed by atoms with Crippen molar-refractivity contribution in [1.82, 2.24) is 9.88 Å². The molecule has 0 saturated heterocycles. The summed E-state index contributed by atoms with van der Waals surface area (Å²) in [4.78, 5) is 33.9.